The summed E-state index contributed by atoms with van der Waals surface area (Å²) in [5.41, 5.74) is 2.65. The van der Waals surface area contributed by atoms with Crippen LogP contribution >= 0.6 is 11.3 Å². The minimum absolute atomic E-state index is 0.242. The molecule has 3 nitrogen and oxygen atoms in total. The van der Waals surface area contributed by atoms with Crippen molar-refractivity contribution in [2.45, 2.75) is 53.0 Å². The van der Waals surface area contributed by atoms with Crippen molar-refractivity contribution < 1.29 is 0 Å². The molecule has 0 amide bonds. The normalized spacial score (nSPS) is 12.9. The molecule has 0 radical (unpaired) electrons. The summed E-state index contributed by atoms with van der Waals surface area (Å²) in [7, 11) is 0. The van der Waals surface area contributed by atoms with E-state index in [1.165, 1.54) is 11.1 Å². The van der Waals surface area contributed by atoms with E-state index in [0.717, 1.165) is 16.6 Å². The summed E-state index contributed by atoms with van der Waals surface area (Å²) in [6, 6.07) is 9.06. The quantitative estimate of drug-likeness (QED) is 0.813. The summed E-state index contributed by atoms with van der Waals surface area (Å²) in [4.78, 5) is 0. The Morgan fingerprint density at radius 1 is 0.952 bits per heavy atom. The van der Waals surface area contributed by atoms with E-state index in [1.54, 1.807) is 11.3 Å². The second-order valence-corrected chi connectivity index (χ2v) is 7.35. The van der Waals surface area contributed by atoms with Crippen molar-refractivity contribution in [2.75, 3.05) is 5.32 Å². The van der Waals surface area contributed by atoms with Crippen LogP contribution < -0.4 is 5.32 Å². The van der Waals surface area contributed by atoms with Gasteiger partial charge in [-0.2, -0.15) is 0 Å². The highest BCUT2D eigenvalue weighted by Gasteiger charge is 2.10. The van der Waals surface area contributed by atoms with Crippen molar-refractivity contribution >= 4 is 16.5 Å². The highest BCUT2D eigenvalue weighted by molar-refractivity contribution is 7.15. The molecule has 1 unspecified atom stereocenters. The summed E-state index contributed by atoms with van der Waals surface area (Å²) in [5.74, 6) is 1.19. The zero-order valence-electron chi connectivity index (χ0n) is 13.6. The molecule has 0 aliphatic rings. The SMILES string of the molecule is CC(C)Cc1nnc(NC(C)c2ccc(C(C)C)cc2)s1. The van der Waals surface area contributed by atoms with E-state index in [9.17, 15) is 0 Å². The maximum atomic E-state index is 4.25. The Morgan fingerprint density at radius 3 is 2.14 bits per heavy atom. The second-order valence-electron chi connectivity index (χ2n) is 6.29. The fourth-order valence-corrected chi connectivity index (χ4v) is 3.22. The molecule has 0 aliphatic carbocycles. The maximum Gasteiger partial charge on any atom is 0.206 e. The molecule has 0 bridgehead atoms. The lowest BCUT2D eigenvalue weighted by atomic mass is 10.00. The van der Waals surface area contributed by atoms with Crippen LogP contribution in [0.25, 0.3) is 0 Å². The molecule has 0 saturated carbocycles. The fraction of sp³-hybridized carbons (Fsp3) is 0.529. The molecule has 1 aromatic heterocycles. The van der Waals surface area contributed by atoms with Crippen molar-refractivity contribution in [2.24, 2.45) is 5.92 Å². The molecule has 0 aliphatic heterocycles. The van der Waals surface area contributed by atoms with Crippen LogP contribution in [-0.4, -0.2) is 10.2 Å². The monoisotopic (exact) mass is 303 g/mol. The van der Waals surface area contributed by atoms with Gasteiger partial charge < -0.3 is 5.32 Å². The van der Waals surface area contributed by atoms with Gasteiger partial charge in [-0.25, -0.2) is 0 Å². The average molecular weight is 303 g/mol. The molecule has 21 heavy (non-hydrogen) atoms. The fourth-order valence-electron chi connectivity index (χ4n) is 2.18. The number of nitrogens with zero attached hydrogens (tertiary/aromatic N) is 2. The number of hydrogen-bond donors (Lipinski definition) is 1. The van der Waals surface area contributed by atoms with Gasteiger partial charge in [0.1, 0.15) is 5.01 Å². The summed E-state index contributed by atoms with van der Waals surface area (Å²) in [6.45, 7) is 11.0. The first-order chi connectivity index (χ1) is 9.95. The third kappa shape index (κ3) is 4.53. The standard InChI is InChI=1S/C17H25N3S/c1-11(2)10-16-19-20-17(21-16)18-13(5)15-8-6-14(7-9-15)12(3)4/h6-9,11-13H,10H2,1-5H3,(H,18,20). The van der Waals surface area contributed by atoms with Crippen LogP contribution in [0.3, 0.4) is 0 Å². The van der Waals surface area contributed by atoms with Gasteiger partial charge in [-0.15, -0.1) is 10.2 Å². The molecular formula is C17H25N3S. The summed E-state index contributed by atoms with van der Waals surface area (Å²) >= 11 is 1.66. The van der Waals surface area contributed by atoms with Gasteiger partial charge in [-0.05, 0) is 29.9 Å². The van der Waals surface area contributed by atoms with Gasteiger partial charge in [-0.3, -0.25) is 0 Å². The number of aromatic nitrogens is 2. The largest absolute Gasteiger partial charge is 0.354 e. The number of anilines is 1. The van der Waals surface area contributed by atoms with Crippen molar-refractivity contribution in [3.63, 3.8) is 0 Å². The molecule has 4 heteroatoms. The first-order valence-electron chi connectivity index (χ1n) is 7.64. The van der Waals surface area contributed by atoms with Gasteiger partial charge in [0.2, 0.25) is 5.13 Å². The zero-order valence-corrected chi connectivity index (χ0v) is 14.4. The van der Waals surface area contributed by atoms with Crippen LogP contribution in [0.2, 0.25) is 0 Å². The van der Waals surface area contributed by atoms with Crippen LogP contribution in [0.15, 0.2) is 24.3 Å². The van der Waals surface area contributed by atoms with Crippen LogP contribution in [0.5, 0.6) is 0 Å². The maximum absolute atomic E-state index is 4.25. The molecule has 1 heterocycles. The van der Waals surface area contributed by atoms with Crippen LogP contribution in [0, 0.1) is 5.92 Å². The highest BCUT2D eigenvalue weighted by atomic mass is 32.1. The van der Waals surface area contributed by atoms with Gasteiger partial charge in [0.05, 0.1) is 6.04 Å². The Hall–Kier alpha value is -1.42. The Balaban J connectivity index is 2.00. The Labute approximate surface area is 131 Å². The molecule has 1 atom stereocenters. The molecule has 114 valence electrons. The summed E-state index contributed by atoms with van der Waals surface area (Å²) < 4.78 is 0. The van der Waals surface area contributed by atoms with E-state index >= 15 is 0 Å². The number of nitrogens with one attached hydrogen (secondary N) is 1. The van der Waals surface area contributed by atoms with Crippen molar-refractivity contribution in [3.05, 3.63) is 40.4 Å². The Kier molecular flexibility index (Phi) is 5.34. The summed E-state index contributed by atoms with van der Waals surface area (Å²) in [6.07, 6.45) is 0.997. The van der Waals surface area contributed by atoms with Gasteiger partial charge in [0.25, 0.3) is 0 Å². The smallest absolute Gasteiger partial charge is 0.206 e. The first kappa shape index (κ1) is 16.0. The van der Waals surface area contributed by atoms with E-state index in [2.05, 4.69) is 74.4 Å². The van der Waals surface area contributed by atoms with E-state index < -0.39 is 0 Å². The predicted octanol–water partition coefficient (Wildman–Crippen LogP) is 5.03. The Bertz CT molecular complexity index is 558. The highest BCUT2D eigenvalue weighted by Crippen LogP contribution is 2.24. The molecule has 0 fully saturated rings. The zero-order chi connectivity index (χ0) is 15.4. The van der Waals surface area contributed by atoms with E-state index in [-0.39, 0.29) is 6.04 Å². The van der Waals surface area contributed by atoms with Crippen molar-refractivity contribution in [1.82, 2.24) is 10.2 Å². The van der Waals surface area contributed by atoms with Crippen LogP contribution in [0.4, 0.5) is 5.13 Å². The number of rotatable bonds is 6. The van der Waals surface area contributed by atoms with E-state index in [0.29, 0.717) is 11.8 Å². The molecule has 0 spiro atoms. The molecular weight excluding hydrogens is 278 g/mol. The van der Waals surface area contributed by atoms with Gasteiger partial charge >= 0.3 is 0 Å². The molecule has 2 aromatic rings. The lowest BCUT2D eigenvalue weighted by Crippen LogP contribution is -2.06. The van der Waals surface area contributed by atoms with E-state index in [1.807, 2.05) is 0 Å². The minimum Gasteiger partial charge on any atom is -0.354 e. The number of hydrogen-bond acceptors (Lipinski definition) is 4. The predicted molar refractivity (Wildman–Crippen MR) is 91.0 cm³/mol. The number of benzene rings is 1. The van der Waals surface area contributed by atoms with Gasteiger partial charge in [0, 0.05) is 6.42 Å². The average Bonchev–Trinajstić information content (AvgIpc) is 2.85. The minimum atomic E-state index is 0.242. The van der Waals surface area contributed by atoms with Crippen molar-refractivity contribution in [1.29, 1.82) is 0 Å². The molecule has 1 aromatic carbocycles. The third-order valence-electron chi connectivity index (χ3n) is 3.49. The third-order valence-corrected chi connectivity index (χ3v) is 4.37. The first-order valence-corrected chi connectivity index (χ1v) is 8.46. The van der Waals surface area contributed by atoms with Crippen molar-refractivity contribution in [3.8, 4) is 0 Å². The van der Waals surface area contributed by atoms with Crippen LogP contribution in [-0.2, 0) is 6.42 Å². The molecule has 2 rings (SSSR count). The second kappa shape index (κ2) is 7.03. The lowest BCUT2D eigenvalue weighted by Gasteiger charge is -2.14. The molecule has 0 saturated heterocycles. The Morgan fingerprint density at radius 2 is 1.57 bits per heavy atom. The topological polar surface area (TPSA) is 37.8 Å². The van der Waals surface area contributed by atoms with E-state index in [4.69, 9.17) is 0 Å². The lowest BCUT2D eigenvalue weighted by molar-refractivity contribution is 0.640. The molecule has 1 N–H and O–H groups in total. The summed E-state index contributed by atoms with van der Waals surface area (Å²) in [5, 5.41) is 13.9. The van der Waals surface area contributed by atoms with Gasteiger partial charge in [-0.1, -0.05) is 63.3 Å². The van der Waals surface area contributed by atoms with Crippen LogP contribution in [0.1, 0.15) is 62.7 Å². The van der Waals surface area contributed by atoms with Gasteiger partial charge in [0.15, 0.2) is 0 Å².